The van der Waals surface area contributed by atoms with Crippen LogP contribution in [0.5, 0.6) is 0 Å². The van der Waals surface area contributed by atoms with Gasteiger partial charge < -0.3 is 4.74 Å². The van der Waals surface area contributed by atoms with Crippen LogP contribution in [0.2, 0.25) is 0 Å². The van der Waals surface area contributed by atoms with Crippen molar-refractivity contribution in [2.75, 3.05) is 0 Å². The summed E-state index contributed by atoms with van der Waals surface area (Å²) in [4.78, 5) is 11.9. The van der Waals surface area contributed by atoms with Gasteiger partial charge in [0.25, 0.3) is 0 Å². The van der Waals surface area contributed by atoms with Crippen molar-refractivity contribution in [3.63, 3.8) is 0 Å². The summed E-state index contributed by atoms with van der Waals surface area (Å²) >= 11 is 0. The maximum atomic E-state index is 11.9. The van der Waals surface area contributed by atoms with E-state index >= 15 is 0 Å². The molecule has 0 unspecified atom stereocenters. The molecule has 4 saturated carbocycles. The zero-order valence-electron chi connectivity index (χ0n) is 23.2. The zero-order valence-corrected chi connectivity index (χ0v) is 23.2. The fourth-order valence-corrected chi connectivity index (χ4v) is 10.7. The SMILES string of the molecule is CC(=O)O[C@@H]1CC(C)(C)[C@@H]2CC[C@H]3[C@@H]4CC[C@H]([C@H](C)CCCC(C)C)[C@@]4(C)CC[C@@H]3[C@@]2(C)C1. The van der Waals surface area contributed by atoms with Gasteiger partial charge in [-0.15, -0.1) is 0 Å². The van der Waals surface area contributed by atoms with Crippen LogP contribution in [-0.2, 0) is 9.53 Å². The largest absolute Gasteiger partial charge is 0.463 e. The summed E-state index contributed by atoms with van der Waals surface area (Å²) in [5.74, 6) is 5.96. The first-order valence-corrected chi connectivity index (χ1v) is 14.6. The molecular weight excluding hydrogens is 404 g/mol. The summed E-state index contributed by atoms with van der Waals surface area (Å²) in [6.07, 6.45) is 15.1. The molecule has 0 aromatic rings. The van der Waals surface area contributed by atoms with Crippen LogP contribution in [0.4, 0.5) is 0 Å². The molecule has 2 nitrogen and oxygen atoms in total. The highest BCUT2D eigenvalue weighted by atomic mass is 16.5. The molecule has 4 aliphatic carbocycles. The second-order valence-electron chi connectivity index (χ2n) is 14.7. The summed E-state index contributed by atoms with van der Waals surface area (Å²) in [5.41, 5.74) is 1.15. The van der Waals surface area contributed by atoms with Gasteiger partial charge in [-0.1, -0.05) is 67.7 Å². The molecule has 4 fully saturated rings. The van der Waals surface area contributed by atoms with Crippen LogP contribution in [0.25, 0.3) is 0 Å². The third kappa shape index (κ3) is 4.55. The second-order valence-corrected chi connectivity index (χ2v) is 14.7. The molecular formula is C31H54O2. The van der Waals surface area contributed by atoms with E-state index in [1.807, 2.05) is 0 Å². The van der Waals surface area contributed by atoms with Gasteiger partial charge in [0.2, 0.25) is 0 Å². The second kappa shape index (κ2) is 9.16. The van der Waals surface area contributed by atoms with Crippen molar-refractivity contribution in [3.8, 4) is 0 Å². The van der Waals surface area contributed by atoms with Gasteiger partial charge in [-0.2, -0.15) is 0 Å². The molecule has 2 heteroatoms. The van der Waals surface area contributed by atoms with Gasteiger partial charge >= 0.3 is 5.97 Å². The number of carbonyl (C=O) groups excluding carboxylic acids is 1. The van der Waals surface area contributed by atoms with E-state index < -0.39 is 0 Å². The average molecular weight is 459 g/mol. The lowest BCUT2D eigenvalue weighted by Gasteiger charge is -2.64. The Morgan fingerprint density at radius 1 is 0.879 bits per heavy atom. The van der Waals surface area contributed by atoms with Gasteiger partial charge in [0.15, 0.2) is 0 Å². The number of carbonyl (C=O) groups is 1. The monoisotopic (exact) mass is 458 g/mol. The Labute approximate surface area is 205 Å². The van der Waals surface area contributed by atoms with Crippen LogP contribution < -0.4 is 0 Å². The van der Waals surface area contributed by atoms with Crippen molar-refractivity contribution in [2.24, 2.45) is 57.7 Å². The first kappa shape index (κ1) is 25.6. The zero-order chi connectivity index (χ0) is 24.2. The summed E-state index contributed by atoms with van der Waals surface area (Å²) < 4.78 is 5.89. The first-order valence-electron chi connectivity index (χ1n) is 14.6. The lowest BCUT2D eigenvalue weighted by atomic mass is 9.41. The standard InChI is InChI=1S/C31H54O2/c1-20(2)10-9-11-21(3)25-13-14-26-24-12-15-28-29(5,6)18-23(33-22(4)32)19-31(28,8)27(24)16-17-30(25,26)7/h20-21,23-28H,9-19H2,1-8H3/t21-,23-,24+,25-,26+,27+,28+,30-,31-/m1/s1. The normalized spacial score (nSPS) is 45.1. The number of fused-ring (bicyclic) bond motifs is 5. The third-order valence-electron chi connectivity index (χ3n) is 11.8. The van der Waals surface area contributed by atoms with Crippen LogP contribution in [0.15, 0.2) is 0 Å². The highest BCUT2D eigenvalue weighted by Gasteiger charge is 2.63. The molecule has 9 atom stereocenters. The summed E-state index contributed by atoms with van der Waals surface area (Å²) in [6.45, 7) is 19.1. The molecule has 0 bridgehead atoms. The molecule has 190 valence electrons. The molecule has 0 aromatic carbocycles. The molecule has 0 radical (unpaired) electrons. The van der Waals surface area contributed by atoms with Crippen molar-refractivity contribution in [2.45, 2.75) is 132 Å². The average Bonchev–Trinajstić information content (AvgIpc) is 3.03. The minimum Gasteiger partial charge on any atom is -0.463 e. The molecule has 4 rings (SSSR count). The van der Waals surface area contributed by atoms with Crippen molar-refractivity contribution in [1.82, 2.24) is 0 Å². The van der Waals surface area contributed by atoms with Crippen molar-refractivity contribution < 1.29 is 9.53 Å². The third-order valence-corrected chi connectivity index (χ3v) is 11.8. The van der Waals surface area contributed by atoms with Gasteiger partial charge in [0, 0.05) is 6.92 Å². The molecule has 0 saturated heterocycles. The van der Waals surface area contributed by atoms with Crippen LogP contribution in [0, 0.1) is 57.7 Å². The molecule has 0 spiro atoms. The van der Waals surface area contributed by atoms with Crippen LogP contribution in [0.3, 0.4) is 0 Å². The van der Waals surface area contributed by atoms with Gasteiger partial charge in [-0.05, 0) is 109 Å². The number of hydrogen-bond acceptors (Lipinski definition) is 2. The van der Waals surface area contributed by atoms with E-state index in [0.717, 1.165) is 54.3 Å². The van der Waals surface area contributed by atoms with Gasteiger partial charge in [0.1, 0.15) is 6.10 Å². The first-order chi connectivity index (χ1) is 15.4. The van der Waals surface area contributed by atoms with Crippen LogP contribution in [-0.4, -0.2) is 12.1 Å². The summed E-state index contributed by atoms with van der Waals surface area (Å²) in [7, 11) is 0. The quantitative estimate of drug-likeness (QED) is 0.372. The van der Waals surface area contributed by atoms with Crippen LogP contribution in [0.1, 0.15) is 126 Å². The van der Waals surface area contributed by atoms with E-state index in [9.17, 15) is 4.79 Å². The molecule has 0 aromatic heterocycles. The maximum Gasteiger partial charge on any atom is 0.302 e. The highest BCUT2D eigenvalue weighted by Crippen LogP contribution is 2.70. The topological polar surface area (TPSA) is 26.3 Å². The summed E-state index contributed by atoms with van der Waals surface area (Å²) in [5, 5.41) is 0. The molecule has 4 aliphatic rings. The number of hydrogen-bond donors (Lipinski definition) is 0. The Hall–Kier alpha value is -0.530. The van der Waals surface area contributed by atoms with Gasteiger partial charge in [-0.3, -0.25) is 4.79 Å². The van der Waals surface area contributed by atoms with E-state index in [1.165, 1.54) is 57.8 Å². The van der Waals surface area contributed by atoms with Crippen molar-refractivity contribution in [3.05, 3.63) is 0 Å². The minimum atomic E-state index is -0.0912. The molecule has 0 heterocycles. The summed E-state index contributed by atoms with van der Waals surface area (Å²) in [6, 6.07) is 0. The lowest BCUT2D eigenvalue weighted by Crippen LogP contribution is -2.58. The number of ether oxygens (including phenoxy) is 1. The van der Waals surface area contributed by atoms with E-state index in [-0.39, 0.29) is 17.5 Å². The fraction of sp³-hybridized carbons (Fsp3) is 0.968. The Kier molecular flexibility index (Phi) is 7.10. The van der Waals surface area contributed by atoms with Crippen molar-refractivity contribution in [1.29, 1.82) is 0 Å². The Morgan fingerprint density at radius 3 is 2.24 bits per heavy atom. The molecule has 0 amide bonds. The van der Waals surface area contributed by atoms with Gasteiger partial charge in [0.05, 0.1) is 0 Å². The number of esters is 1. The lowest BCUT2D eigenvalue weighted by molar-refractivity contribution is -0.185. The molecule has 0 N–H and O–H groups in total. The smallest absolute Gasteiger partial charge is 0.302 e. The molecule has 0 aliphatic heterocycles. The predicted octanol–water partition coefficient (Wildman–Crippen LogP) is 8.68. The fourth-order valence-electron chi connectivity index (χ4n) is 10.7. The Morgan fingerprint density at radius 2 is 1.58 bits per heavy atom. The Bertz CT molecular complexity index is 710. The minimum absolute atomic E-state index is 0.0912. The van der Waals surface area contributed by atoms with E-state index in [0.29, 0.717) is 10.8 Å². The van der Waals surface area contributed by atoms with Gasteiger partial charge in [-0.25, -0.2) is 0 Å². The number of rotatable bonds is 6. The van der Waals surface area contributed by atoms with Crippen molar-refractivity contribution >= 4 is 5.97 Å². The van der Waals surface area contributed by atoms with E-state index in [1.54, 1.807) is 6.92 Å². The van der Waals surface area contributed by atoms with E-state index in [2.05, 4.69) is 48.5 Å². The predicted molar refractivity (Wildman–Crippen MR) is 138 cm³/mol. The maximum absolute atomic E-state index is 11.9. The van der Waals surface area contributed by atoms with E-state index in [4.69, 9.17) is 4.74 Å². The Balaban J connectivity index is 1.52. The highest BCUT2D eigenvalue weighted by molar-refractivity contribution is 5.66. The van der Waals surface area contributed by atoms with Crippen LogP contribution >= 0.6 is 0 Å². The molecule has 33 heavy (non-hydrogen) atoms.